The van der Waals surface area contributed by atoms with Crippen LogP contribution < -0.4 is 5.43 Å². The maximum Gasteiger partial charge on any atom is 0.271 e. The molecule has 0 unspecified atom stereocenters. The van der Waals surface area contributed by atoms with Crippen LogP contribution in [-0.2, 0) is 0 Å². The van der Waals surface area contributed by atoms with Gasteiger partial charge in [-0.15, -0.1) is 5.10 Å². The lowest BCUT2D eigenvalue weighted by Crippen LogP contribution is -2.17. The molecule has 6 heteroatoms. The first-order valence-electron chi connectivity index (χ1n) is 9.58. The second-order valence-corrected chi connectivity index (χ2v) is 7.08. The van der Waals surface area contributed by atoms with Gasteiger partial charge < -0.3 is 0 Å². The number of amides is 1. The molecule has 0 spiro atoms. The molecule has 6 nitrogen and oxygen atoms in total. The van der Waals surface area contributed by atoms with E-state index >= 15 is 0 Å². The molecule has 3 aromatic carbocycles. The van der Waals surface area contributed by atoms with Crippen molar-refractivity contribution in [1.82, 2.24) is 20.4 Å². The van der Waals surface area contributed by atoms with Crippen LogP contribution in [0.2, 0.25) is 0 Å². The fourth-order valence-electron chi connectivity index (χ4n) is 3.21. The molecule has 0 saturated heterocycles. The number of carbonyl (C=O) groups excluding carboxylic acids is 1. The van der Waals surface area contributed by atoms with Crippen molar-refractivity contribution < 1.29 is 4.79 Å². The summed E-state index contributed by atoms with van der Waals surface area (Å²) in [4.78, 5) is 12.3. The molecule has 0 aliphatic rings. The first-order chi connectivity index (χ1) is 14.6. The summed E-state index contributed by atoms with van der Waals surface area (Å²) in [5, 5.41) is 12.5. The van der Waals surface area contributed by atoms with E-state index in [4.69, 9.17) is 0 Å². The normalized spacial score (nSPS) is 11.0. The summed E-state index contributed by atoms with van der Waals surface area (Å²) in [6.07, 6.45) is 3.51. The number of aromatic nitrogens is 3. The smallest absolute Gasteiger partial charge is 0.267 e. The molecular formula is C24H21N5O. The quantitative estimate of drug-likeness (QED) is 0.404. The molecular weight excluding hydrogens is 374 g/mol. The number of carbonyl (C=O) groups is 1. The van der Waals surface area contributed by atoms with Gasteiger partial charge in [0.05, 0.1) is 18.1 Å². The lowest BCUT2D eigenvalue weighted by molar-refractivity contribution is 0.0955. The predicted octanol–water partition coefficient (Wildman–Crippen LogP) is 4.32. The van der Waals surface area contributed by atoms with Crippen LogP contribution in [0.3, 0.4) is 0 Å². The van der Waals surface area contributed by atoms with E-state index in [1.54, 1.807) is 23.0 Å². The molecule has 4 aromatic rings. The van der Waals surface area contributed by atoms with Crippen LogP contribution in [0, 0.1) is 13.8 Å². The Morgan fingerprint density at radius 1 is 0.967 bits per heavy atom. The van der Waals surface area contributed by atoms with Gasteiger partial charge >= 0.3 is 0 Å². The first kappa shape index (κ1) is 19.3. The van der Waals surface area contributed by atoms with E-state index in [1.807, 2.05) is 74.6 Å². The topological polar surface area (TPSA) is 72.2 Å². The summed E-state index contributed by atoms with van der Waals surface area (Å²) in [5.74, 6) is -0.272. The van der Waals surface area contributed by atoms with Gasteiger partial charge in [0.1, 0.15) is 5.69 Å². The van der Waals surface area contributed by atoms with E-state index < -0.39 is 0 Å². The van der Waals surface area contributed by atoms with Crippen molar-refractivity contribution in [2.24, 2.45) is 5.10 Å². The van der Waals surface area contributed by atoms with Gasteiger partial charge in [-0.2, -0.15) is 5.10 Å². The van der Waals surface area contributed by atoms with E-state index in [-0.39, 0.29) is 5.91 Å². The van der Waals surface area contributed by atoms with Crippen LogP contribution in [0.1, 0.15) is 27.0 Å². The number of benzene rings is 3. The van der Waals surface area contributed by atoms with Crippen LogP contribution in [0.5, 0.6) is 0 Å². The Kier molecular flexibility index (Phi) is 5.48. The second-order valence-electron chi connectivity index (χ2n) is 7.08. The van der Waals surface area contributed by atoms with Gasteiger partial charge in [0, 0.05) is 11.1 Å². The maximum atomic E-state index is 12.3. The molecule has 1 aromatic heterocycles. The van der Waals surface area contributed by atoms with Crippen molar-refractivity contribution in [2.45, 2.75) is 13.8 Å². The van der Waals surface area contributed by atoms with E-state index in [0.717, 1.165) is 33.6 Å². The maximum absolute atomic E-state index is 12.3. The molecule has 1 N–H and O–H groups in total. The van der Waals surface area contributed by atoms with Crippen molar-refractivity contribution in [3.8, 4) is 16.9 Å². The largest absolute Gasteiger partial charge is 0.271 e. The zero-order valence-electron chi connectivity index (χ0n) is 16.8. The Balaban J connectivity index is 1.42. The highest BCUT2D eigenvalue weighted by Gasteiger charge is 2.07. The Hall–Kier alpha value is -4.06. The predicted molar refractivity (Wildman–Crippen MR) is 118 cm³/mol. The summed E-state index contributed by atoms with van der Waals surface area (Å²) in [6, 6.07) is 23.1. The number of hydrazone groups is 1. The van der Waals surface area contributed by atoms with E-state index in [1.165, 1.54) is 0 Å². The van der Waals surface area contributed by atoms with E-state index in [0.29, 0.717) is 5.56 Å². The third kappa shape index (κ3) is 4.50. The van der Waals surface area contributed by atoms with E-state index in [9.17, 15) is 4.79 Å². The molecule has 0 bridgehead atoms. The summed E-state index contributed by atoms with van der Waals surface area (Å²) >= 11 is 0. The second kappa shape index (κ2) is 8.53. The molecule has 0 atom stereocenters. The fraction of sp³-hybridized carbons (Fsp3) is 0.0833. The number of hydrogen-bond donors (Lipinski definition) is 1. The minimum Gasteiger partial charge on any atom is -0.267 e. The molecule has 0 aliphatic carbocycles. The van der Waals surface area contributed by atoms with Gasteiger partial charge in [0.2, 0.25) is 0 Å². The molecule has 1 amide bonds. The molecule has 0 aliphatic heterocycles. The third-order valence-corrected chi connectivity index (χ3v) is 4.58. The Morgan fingerprint density at radius 3 is 2.37 bits per heavy atom. The van der Waals surface area contributed by atoms with Crippen molar-refractivity contribution in [3.05, 3.63) is 101 Å². The minimum absolute atomic E-state index is 0.272. The van der Waals surface area contributed by atoms with Crippen molar-refractivity contribution in [3.63, 3.8) is 0 Å². The average molecular weight is 395 g/mol. The molecule has 0 fully saturated rings. The molecule has 4 rings (SSSR count). The van der Waals surface area contributed by atoms with Gasteiger partial charge in [-0.3, -0.25) is 4.79 Å². The average Bonchev–Trinajstić information content (AvgIpc) is 3.24. The zero-order chi connectivity index (χ0) is 20.9. The molecule has 30 heavy (non-hydrogen) atoms. The number of hydrogen-bond acceptors (Lipinski definition) is 4. The van der Waals surface area contributed by atoms with Crippen molar-refractivity contribution in [2.75, 3.05) is 0 Å². The summed E-state index contributed by atoms with van der Waals surface area (Å²) in [6.45, 7) is 4.06. The zero-order valence-corrected chi connectivity index (χ0v) is 16.8. The summed E-state index contributed by atoms with van der Waals surface area (Å²) in [7, 11) is 0. The van der Waals surface area contributed by atoms with Crippen LogP contribution in [0.4, 0.5) is 0 Å². The molecule has 148 valence electrons. The highest BCUT2D eigenvalue weighted by Crippen LogP contribution is 2.17. The third-order valence-electron chi connectivity index (χ3n) is 4.58. The summed E-state index contributed by atoms with van der Waals surface area (Å²) < 4.78 is 1.68. The Labute approximate surface area is 174 Å². The van der Waals surface area contributed by atoms with Crippen LogP contribution in [0.15, 0.2) is 84.1 Å². The van der Waals surface area contributed by atoms with Gasteiger partial charge in [0.15, 0.2) is 0 Å². The lowest BCUT2D eigenvalue weighted by atomic mass is 10.1. The Morgan fingerprint density at radius 2 is 1.67 bits per heavy atom. The number of nitrogens with zero attached hydrogens (tertiary/aromatic N) is 4. The van der Waals surface area contributed by atoms with Gasteiger partial charge in [-0.25, -0.2) is 10.1 Å². The standard InChI is InChI=1S/C24H21N5O/c1-17-12-18(2)14-19(13-17)15-25-27-24(30)21-8-10-22(11-9-21)29-16-23(26-28-29)20-6-4-3-5-7-20/h3-16H,1-2H3,(H,27,30)/b25-15+. The monoisotopic (exact) mass is 395 g/mol. The lowest BCUT2D eigenvalue weighted by Gasteiger charge is -2.03. The fourth-order valence-corrected chi connectivity index (χ4v) is 3.21. The SMILES string of the molecule is Cc1cc(C)cc(/C=N/NC(=O)c2ccc(-n3cc(-c4ccccc4)nn3)cc2)c1. The first-order valence-corrected chi connectivity index (χ1v) is 9.58. The van der Waals surface area contributed by atoms with Crippen LogP contribution in [-0.4, -0.2) is 27.1 Å². The van der Waals surface area contributed by atoms with Crippen molar-refractivity contribution >= 4 is 12.1 Å². The molecule has 0 radical (unpaired) electrons. The molecule has 1 heterocycles. The van der Waals surface area contributed by atoms with Gasteiger partial charge in [-0.05, 0) is 43.7 Å². The number of rotatable bonds is 5. The highest BCUT2D eigenvalue weighted by atomic mass is 16.2. The summed E-state index contributed by atoms with van der Waals surface area (Å²) in [5.41, 5.74) is 8.95. The number of aryl methyl sites for hydroxylation is 2. The van der Waals surface area contributed by atoms with E-state index in [2.05, 4.69) is 26.9 Å². The number of nitrogens with one attached hydrogen (secondary N) is 1. The highest BCUT2D eigenvalue weighted by molar-refractivity contribution is 5.95. The van der Waals surface area contributed by atoms with Gasteiger partial charge in [-0.1, -0.05) is 64.9 Å². The minimum atomic E-state index is -0.272. The van der Waals surface area contributed by atoms with Gasteiger partial charge in [0.25, 0.3) is 5.91 Å². The molecule has 0 saturated carbocycles. The van der Waals surface area contributed by atoms with Crippen LogP contribution in [0.25, 0.3) is 16.9 Å². The Bertz CT molecular complexity index is 1170. The van der Waals surface area contributed by atoms with Crippen LogP contribution >= 0.6 is 0 Å². The van der Waals surface area contributed by atoms with Crippen molar-refractivity contribution in [1.29, 1.82) is 0 Å².